The normalized spacial score (nSPS) is 12.7. The topological polar surface area (TPSA) is 26.3 Å². The molecule has 0 N–H and O–H groups in total. The highest BCUT2D eigenvalue weighted by atomic mass is 16.5. The molecule has 0 aliphatic carbocycles. The maximum Gasteiger partial charge on any atom is 0.305 e. The number of carbonyl (C=O) groups is 1. The smallest absolute Gasteiger partial charge is 0.305 e. The van der Waals surface area contributed by atoms with E-state index in [4.69, 9.17) is 0 Å². The van der Waals surface area contributed by atoms with Gasteiger partial charge in [0.05, 0.1) is 7.11 Å². The zero-order valence-electron chi connectivity index (χ0n) is 15.2. The molecule has 1 unspecified atom stereocenters. The molecular formula is C20H38O2. The number of hydrogen-bond acceptors (Lipinski definition) is 2. The molecule has 1 atom stereocenters. The Morgan fingerprint density at radius 2 is 1.64 bits per heavy atom. The van der Waals surface area contributed by atoms with Crippen LogP contribution in [0.5, 0.6) is 0 Å². The van der Waals surface area contributed by atoms with Crippen LogP contribution in [-0.4, -0.2) is 13.1 Å². The van der Waals surface area contributed by atoms with E-state index in [-0.39, 0.29) is 5.97 Å². The average molecular weight is 311 g/mol. The van der Waals surface area contributed by atoms with E-state index in [1.54, 1.807) is 0 Å². The predicted octanol–water partition coefficient (Wildman–Crippen LogP) is 6.44. The maximum absolute atomic E-state index is 10.9. The van der Waals surface area contributed by atoms with Crippen molar-refractivity contribution in [3.05, 3.63) is 12.2 Å². The first-order valence-corrected chi connectivity index (χ1v) is 9.42. The summed E-state index contributed by atoms with van der Waals surface area (Å²) >= 11 is 0. The Morgan fingerprint density at radius 1 is 0.955 bits per heavy atom. The summed E-state index contributed by atoms with van der Waals surface area (Å²) < 4.78 is 4.63. The molecular weight excluding hydrogens is 272 g/mol. The van der Waals surface area contributed by atoms with Crippen LogP contribution in [0.2, 0.25) is 0 Å². The lowest BCUT2D eigenvalue weighted by Crippen LogP contribution is -1.98. The number of esters is 1. The summed E-state index contributed by atoms with van der Waals surface area (Å²) in [6.45, 7) is 4.64. The fourth-order valence-electron chi connectivity index (χ4n) is 2.65. The Morgan fingerprint density at radius 3 is 2.36 bits per heavy atom. The van der Waals surface area contributed by atoms with Gasteiger partial charge in [-0.1, -0.05) is 77.4 Å². The second-order valence-corrected chi connectivity index (χ2v) is 6.54. The molecule has 0 bridgehead atoms. The van der Waals surface area contributed by atoms with Crippen molar-refractivity contribution in [2.45, 2.75) is 97.3 Å². The summed E-state index contributed by atoms with van der Waals surface area (Å²) in [5, 5.41) is 0. The van der Waals surface area contributed by atoms with Crippen molar-refractivity contribution in [1.29, 1.82) is 0 Å². The second-order valence-electron chi connectivity index (χ2n) is 6.54. The highest BCUT2D eigenvalue weighted by Crippen LogP contribution is 2.15. The van der Waals surface area contributed by atoms with Crippen LogP contribution in [-0.2, 0) is 9.53 Å². The minimum Gasteiger partial charge on any atom is -0.469 e. The Balaban J connectivity index is 3.31. The molecule has 0 spiro atoms. The number of methoxy groups -OCH3 is 1. The van der Waals surface area contributed by atoms with Gasteiger partial charge in [0, 0.05) is 6.42 Å². The Labute approximate surface area is 138 Å². The van der Waals surface area contributed by atoms with Crippen molar-refractivity contribution in [3.63, 3.8) is 0 Å². The molecule has 0 rings (SSSR count). The van der Waals surface area contributed by atoms with E-state index in [0.29, 0.717) is 6.42 Å². The third kappa shape index (κ3) is 15.6. The van der Waals surface area contributed by atoms with Gasteiger partial charge in [-0.2, -0.15) is 0 Å². The molecule has 0 aliphatic rings. The standard InChI is InChI=1S/C20H38O2/c1-4-5-6-7-10-13-16-19(2)17-14-11-8-9-12-15-18-20(21)22-3/h11,14,19H,4-10,12-13,15-18H2,1-3H3. The number of allylic oxidation sites excluding steroid dienone is 2. The van der Waals surface area contributed by atoms with E-state index in [1.165, 1.54) is 64.9 Å². The lowest BCUT2D eigenvalue weighted by molar-refractivity contribution is -0.140. The number of unbranched alkanes of at least 4 members (excludes halogenated alkanes) is 8. The van der Waals surface area contributed by atoms with Gasteiger partial charge < -0.3 is 4.74 Å². The van der Waals surface area contributed by atoms with E-state index in [0.717, 1.165) is 25.2 Å². The molecule has 0 aliphatic heterocycles. The number of carbonyl (C=O) groups excluding carboxylic acids is 1. The molecule has 0 radical (unpaired) electrons. The summed E-state index contributed by atoms with van der Waals surface area (Å²) in [7, 11) is 1.46. The lowest BCUT2D eigenvalue weighted by Gasteiger charge is -2.08. The second kappa shape index (κ2) is 16.6. The van der Waals surface area contributed by atoms with E-state index in [1.807, 2.05) is 0 Å². The summed E-state index contributed by atoms with van der Waals surface area (Å²) in [6, 6.07) is 0. The van der Waals surface area contributed by atoms with Crippen LogP contribution in [0.3, 0.4) is 0 Å². The Kier molecular flexibility index (Phi) is 16.0. The van der Waals surface area contributed by atoms with Crippen LogP contribution in [0, 0.1) is 5.92 Å². The van der Waals surface area contributed by atoms with Gasteiger partial charge in [0.15, 0.2) is 0 Å². The number of ether oxygens (including phenoxy) is 1. The van der Waals surface area contributed by atoms with E-state index < -0.39 is 0 Å². The molecule has 0 aromatic carbocycles. The van der Waals surface area contributed by atoms with Crippen molar-refractivity contribution in [2.24, 2.45) is 5.92 Å². The summed E-state index contributed by atoms with van der Waals surface area (Å²) in [6.07, 6.45) is 20.6. The Hall–Kier alpha value is -0.790. The average Bonchev–Trinajstić information content (AvgIpc) is 2.52. The monoisotopic (exact) mass is 310 g/mol. The number of rotatable bonds is 15. The van der Waals surface area contributed by atoms with Gasteiger partial charge in [-0.05, 0) is 31.6 Å². The first kappa shape index (κ1) is 21.2. The molecule has 0 amide bonds. The quantitative estimate of drug-likeness (QED) is 0.197. The van der Waals surface area contributed by atoms with Crippen LogP contribution in [0.15, 0.2) is 12.2 Å². The van der Waals surface area contributed by atoms with Crippen LogP contribution in [0.25, 0.3) is 0 Å². The van der Waals surface area contributed by atoms with Crippen LogP contribution in [0.4, 0.5) is 0 Å². The zero-order chi connectivity index (χ0) is 16.5. The fraction of sp³-hybridized carbons (Fsp3) is 0.850. The summed E-state index contributed by atoms with van der Waals surface area (Å²) in [5.41, 5.74) is 0. The SMILES string of the molecule is CCCCCCCCC(C)CC=CCCCCCC(=O)OC. The van der Waals surface area contributed by atoms with Crippen molar-refractivity contribution < 1.29 is 9.53 Å². The molecule has 2 heteroatoms. The molecule has 2 nitrogen and oxygen atoms in total. The van der Waals surface area contributed by atoms with Crippen LogP contribution < -0.4 is 0 Å². The Bertz CT molecular complexity index is 271. The van der Waals surface area contributed by atoms with E-state index in [9.17, 15) is 4.79 Å². The third-order valence-electron chi connectivity index (χ3n) is 4.23. The molecule has 0 saturated heterocycles. The van der Waals surface area contributed by atoms with Gasteiger partial charge in [0.25, 0.3) is 0 Å². The van der Waals surface area contributed by atoms with Gasteiger partial charge in [-0.25, -0.2) is 0 Å². The first-order valence-electron chi connectivity index (χ1n) is 9.42. The summed E-state index contributed by atoms with van der Waals surface area (Å²) in [4.78, 5) is 10.9. The van der Waals surface area contributed by atoms with E-state index >= 15 is 0 Å². The van der Waals surface area contributed by atoms with Gasteiger partial charge in [0.1, 0.15) is 0 Å². The van der Waals surface area contributed by atoms with Gasteiger partial charge in [-0.3, -0.25) is 4.79 Å². The van der Waals surface area contributed by atoms with Gasteiger partial charge in [0.2, 0.25) is 0 Å². The lowest BCUT2D eigenvalue weighted by atomic mass is 9.98. The van der Waals surface area contributed by atoms with Gasteiger partial charge in [-0.15, -0.1) is 0 Å². The molecule has 22 heavy (non-hydrogen) atoms. The van der Waals surface area contributed by atoms with Crippen molar-refractivity contribution in [1.82, 2.24) is 0 Å². The highest BCUT2D eigenvalue weighted by Gasteiger charge is 2.00. The molecule has 0 saturated carbocycles. The van der Waals surface area contributed by atoms with Gasteiger partial charge >= 0.3 is 5.97 Å². The van der Waals surface area contributed by atoms with Crippen LogP contribution >= 0.6 is 0 Å². The fourth-order valence-corrected chi connectivity index (χ4v) is 2.65. The van der Waals surface area contributed by atoms with Crippen molar-refractivity contribution >= 4 is 5.97 Å². The molecule has 0 aromatic rings. The predicted molar refractivity (Wildman–Crippen MR) is 96.0 cm³/mol. The zero-order valence-corrected chi connectivity index (χ0v) is 15.2. The molecule has 0 fully saturated rings. The van der Waals surface area contributed by atoms with Crippen LogP contribution in [0.1, 0.15) is 97.3 Å². The van der Waals surface area contributed by atoms with Crippen molar-refractivity contribution in [2.75, 3.05) is 7.11 Å². The highest BCUT2D eigenvalue weighted by molar-refractivity contribution is 5.68. The molecule has 0 aromatic heterocycles. The van der Waals surface area contributed by atoms with E-state index in [2.05, 4.69) is 30.7 Å². The molecule has 130 valence electrons. The maximum atomic E-state index is 10.9. The minimum atomic E-state index is -0.0842. The first-order chi connectivity index (χ1) is 10.7. The number of hydrogen-bond donors (Lipinski definition) is 0. The minimum absolute atomic E-state index is 0.0842. The third-order valence-corrected chi connectivity index (χ3v) is 4.23. The molecule has 0 heterocycles. The summed E-state index contributed by atoms with van der Waals surface area (Å²) in [5.74, 6) is 0.737. The van der Waals surface area contributed by atoms with Crippen molar-refractivity contribution in [3.8, 4) is 0 Å². The largest absolute Gasteiger partial charge is 0.469 e.